The molecule has 0 atom stereocenters. The third-order valence-electron chi connectivity index (χ3n) is 4.52. The minimum atomic E-state index is -3.76. The Labute approximate surface area is 192 Å². The number of amidine groups is 1. The van der Waals surface area contributed by atoms with Crippen LogP contribution in [0, 0.1) is 0 Å². The molecule has 1 aliphatic heterocycles. The number of carbonyl (C=O) groups is 1. The average Bonchev–Trinajstić information content (AvgIpc) is 3.05. The smallest absolute Gasteiger partial charge is 0.344 e. The number of fused-ring (bicyclic) bond motifs is 1. The zero-order valence-corrected chi connectivity index (χ0v) is 19.1. The maximum Gasteiger partial charge on any atom is 0.344 e. The average molecular weight is 514 g/mol. The van der Waals surface area contributed by atoms with Crippen molar-refractivity contribution in [2.24, 2.45) is 9.50 Å². The molecule has 1 aliphatic rings. The Morgan fingerprint density at radius 2 is 1.81 bits per heavy atom. The second-order valence-corrected chi connectivity index (χ2v) is 8.96. The molecule has 0 aromatic heterocycles. The lowest BCUT2D eigenvalue weighted by atomic mass is 10.2. The number of ether oxygens (including phenoxy) is 2. The van der Waals surface area contributed by atoms with E-state index >= 15 is 0 Å². The third kappa shape index (κ3) is 4.27. The highest BCUT2D eigenvalue weighted by molar-refractivity contribution is 9.10. The topological polar surface area (TPSA) is 106 Å². The maximum atomic E-state index is 12.7. The van der Waals surface area contributed by atoms with E-state index in [1.807, 2.05) is 0 Å². The number of nitrogens with one attached hydrogen (secondary N) is 1. The predicted octanol–water partition coefficient (Wildman–Crippen LogP) is 3.75. The zero-order chi connectivity index (χ0) is 22.7. The number of benzene rings is 3. The van der Waals surface area contributed by atoms with E-state index in [1.165, 1.54) is 19.4 Å². The van der Waals surface area contributed by atoms with Gasteiger partial charge >= 0.3 is 5.97 Å². The van der Waals surface area contributed by atoms with E-state index in [2.05, 4.69) is 30.9 Å². The highest BCUT2D eigenvalue weighted by Crippen LogP contribution is 2.31. The third-order valence-corrected chi connectivity index (χ3v) is 6.55. The lowest BCUT2D eigenvalue weighted by Crippen LogP contribution is -2.17. The molecular weight excluding hydrogens is 498 g/mol. The van der Waals surface area contributed by atoms with E-state index in [-0.39, 0.29) is 16.5 Å². The molecule has 0 spiro atoms. The van der Waals surface area contributed by atoms with Gasteiger partial charge in [0.05, 0.1) is 18.9 Å². The molecule has 0 saturated heterocycles. The molecule has 3 aromatic rings. The molecule has 0 saturated carbocycles. The Balaban J connectivity index is 1.61. The zero-order valence-electron chi connectivity index (χ0n) is 16.7. The molecule has 10 heteroatoms. The van der Waals surface area contributed by atoms with Crippen molar-refractivity contribution >= 4 is 44.0 Å². The fourth-order valence-electron chi connectivity index (χ4n) is 3.03. The number of carbonyl (C=O) groups excluding carboxylic acids is 1. The van der Waals surface area contributed by atoms with E-state index in [4.69, 9.17) is 9.47 Å². The Hall–Kier alpha value is -3.50. The van der Waals surface area contributed by atoms with Crippen LogP contribution in [0.4, 0.5) is 0 Å². The number of nitrogens with zero attached hydrogens (tertiary/aromatic N) is 2. The molecule has 0 amide bonds. The van der Waals surface area contributed by atoms with Crippen LogP contribution in [-0.4, -0.2) is 33.5 Å². The summed E-state index contributed by atoms with van der Waals surface area (Å²) >= 11 is 3.34. The normalized spacial score (nSPS) is 14.0. The molecule has 0 unspecified atom stereocenters. The number of sulfonamides is 1. The molecule has 4 rings (SSSR count). The van der Waals surface area contributed by atoms with Crippen LogP contribution in [0.2, 0.25) is 0 Å². The second-order valence-electron chi connectivity index (χ2n) is 6.53. The number of hydrogen-bond donors (Lipinski definition) is 1. The summed E-state index contributed by atoms with van der Waals surface area (Å²) in [5.41, 5.74) is 3.86. The molecule has 0 aliphatic carbocycles. The van der Waals surface area contributed by atoms with Gasteiger partial charge in [-0.25, -0.2) is 4.79 Å². The fraction of sp³-hybridized carbons (Fsp3) is 0.0455. The standard InChI is InChI=1S/C22H16BrN3O5S/c1-30-18-11-6-7-14(20(18)31-22(27)15-8-2-4-10-17(15)23)13-24-25-21-16-9-3-5-12-19(16)32(28,29)26-21/h2-13H,1H3,(H,25,26). The Bertz CT molecular complexity index is 1370. The van der Waals surface area contributed by atoms with Gasteiger partial charge in [-0.3, -0.25) is 5.43 Å². The molecule has 0 bridgehead atoms. The first-order valence-corrected chi connectivity index (χ1v) is 11.5. The fourth-order valence-corrected chi connectivity index (χ4v) is 4.65. The van der Waals surface area contributed by atoms with Gasteiger partial charge in [0, 0.05) is 15.6 Å². The summed E-state index contributed by atoms with van der Waals surface area (Å²) in [6.07, 6.45) is 1.39. The van der Waals surface area contributed by atoms with Gasteiger partial charge in [-0.1, -0.05) is 30.3 Å². The Morgan fingerprint density at radius 3 is 2.59 bits per heavy atom. The van der Waals surface area contributed by atoms with Crippen molar-refractivity contribution in [3.8, 4) is 11.5 Å². The van der Waals surface area contributed by atoms with Gasteiger partial charge in [-0.2, -0.15) is 13.5 Å². The summed E-state index contributed by atoms with van der Waals surface area (Å²) in [5, 5.41) is 4.10. The van der Waals surface area contributed by atoms with Gasteiger partial charge in [0.1, 0.15) is 4.90 Å². The second kappa shape index (κ2) is 8.93. The van der Waals surface area contributed by atoms with Gasteiger partial charge in [0.2, 0.25) is 0 Å². The van der Waals surface area contributed by atoms with Crippen molar-refractivity contribution in [1.82, 2.24) is 5.43 Å². The SMILES string of the molecule is COc1cccc(C=NNC2=NS(=O)(=O)c3ccccc32)c1OC(=O)c1ccccc1Br. The molecular formula is C22H16BrN3O5S. The van der Waals surface area contributed by atoms with E-state index in [1.54, 1.807) is 60.7 Å². The number of esters is 1. The number of hydrogen-bond acceptors (Lipinski definition) is 7. The van der Waals surface area contributed by atoms with Crippen LogP contribution in [0.15, 0.2) is 85.6 Å². The highest BCUT2D eigenvalue weighted by atomic mass is 79.9. The van der Waals surface area contributed by atoms with Crippen LogP contribution < -0.4 is 14.9 Å². The molecule has 0 radical (unpaired) electrons. The molecule has 0 fully saturated rings. The predicted molar refractivity (Wildman–Crippen MR) is 123 cm³/mol. The molecule has 8 nitrogen and oxygen atoms in total. The van der Waals surface area contributed by atoms with Gasteiger partial charge in [0.15, 0.2) is 17.3 Å². The first-order chi connectivity index (χ1) is 15.4. The Kier molecular flexibility index (Phi) is 6.06. The van der Waals surface area contributed by atoms with Crippen molar-refractivity contribution in [2.45, 2.75) is 4.90 Å². The lowest BCUT2D eigenvalue weighted by molar-refractivity contribution is 0.0728. The van der Waals surface area contributed by atoms with Crippen LogP contribution in [0.1, 0.15) is 21.5 Å². The van der Waals surface area contributed by atoms with E-state index in [0.29, 0.717) is 26.9 Å². The molecule has 3 aromatic carbocycles. The largest absolute Gasteiger partial charge is 0.493 e. The van der Waals surface area contributed by atoms with Gasteiger partial charge in [-0.15, -0.1) is 4.40 Å². The molecule has 162 valence electrons. The summed E-state index contributed by atoms with van der Waals surface area (Å²) in [4.78, 5) is 12.8. The minimum Gasteiger partial charge on any atom is -0.493 e. The van der Waals surface area contributed by atoms with Gasteiger partial charge < -0.3 is 9.47 Å². The van der Waals surface area contributed by atoms with Crippen LogP contribution in [-0.2, 0) is 10.0 Å². The summed E-state index contributed by atoms with van der Waals surface area (Å²) in [6.45, 7) is 0. The first kappa shape index (κ1) is 21.7. The van der Waals surface area contributed by atoms with Crippen molar-refractivity contribution in [3.05, 3.63) is 87.9 Å². The number of para-hydroxylation sites is 1. The first-order valence-electron chi connectivity index (χ1n) is 9.28. The van der Waals surface area contributed by atoms with Crippen LogP contribution in [0.3, 0.4) is 0 Å². The maximum absolute atomic E-state index is 12.7. The van der Waals surface area contributed by atoms with Crippen LogP contribution in [0.25, 0.3) is 0 Å². The number of methoxy groups -OCH3 is 1. The summed E-state index contributed by atoms with van der Waals surface area (Å²) in [6, 6.07) is 18.4. The summed E-state index contributed by atoms with van der Waals surface area (Å²) in [7, 11) is -2.30. The quantitative estimate of drug-likeness (QED) is 0.241. The summed E-state index contributed by atoms with van der Waals surface area (Å²) < 4.78 is 39.6. The minimum absolute atomic E-state index is 0.103. The van der Waals surface area contributed by atoms with Crippen molar-refractivity contribution in [3.63, 3.8) is 0 Å². The molecule has 1 heterocycles. The Morgan fingerprint density at radius 1 is 1.06 bits per heavy atom. The molecule has 32 heavy (non-hydrogen) atoms. The van der Waals surface area contributed by atoms with Crippen molar-refractivity contribution in [2.75, 3.05) is 7.11 Å². The van der Waals surface area contributed by atoms with Gasteiger partial charge in [0.25, 0.3) is 10.0 Å². The summed E-state index contributed by atoms with van der Waals surface area (Å²) in [5.74, 6) is 0.0273. The number of rotatable bonds is 5. The number of halogens is 1. The van der Waals surface area contributed by atoms with Crippen LogP contribution >= 0.6 is 15.9 Å². The number of hydrazone groups is 1. The molecule has 1 N–H and O–H groups in total. The monoisotopic (exact) mass is 513 g/mol. The van der Waals surface area contributed by atoms with Crippen molar-refractivity contribution < 1.29 is 22.7 Å². The van der Waals surface area contributed by atoms with Crippen molar-refractivity contribution in [1.29, 1.82) is 0 Å². The van der Waals surface area contributed by atoms with Gasteiger partial charge in [-0.05, 0) is 52.3 Å². The van der Waals surface area contributed by atoms with E-state index in [9.17, 15) is 13.2 Å². The lowest BCUT2D eigenvalue weighted by Gasteiger charge is -2.12. The van der Waals surface area contributed by atoms with Crippen LogP contribution in [0.5, 0.6) is 11.5 Å². The highest BCUT2D eigenvalue weighted by Gasteiger charge is 2.28. The van der Waals surface area contributed by atoms with E-state index in [0.717, 1.165) is 0 Å². The van der Waals surface area contributed by atoms with E-state index < -0.39 is 16.0 Å².